The van der Waals surface area contributed by atoms with Gasteiger partial charge in [-0.25, -0.2) is 4.98 Å². The molecule has 5 nitrogen and oxygen atoms in total. The quantitative estimate of drug-likeness (QED) is 0.881. The van der Waals surface area contributed by atoms with E-state index in [4.69, 9.17) is 5.73 Å². The first kappa shape index (κ1) is 13.5. The lowest BCUT2D eigenvalue weighted by Crippen LogP contribution is -2.29. The summed E-state index contributed by atoms with van der Waals surface area (Å²) in [5.74, 6) is 0.497. The first-order chi connectivity index (χ1) is 10.1. The first-order valence-electron chi connectivity index (χ1n) is 7.08. The van der Waals surface area contributed by atoms with Crippen LogP contribution in [0.3, 0.4) is 0 Å². The predicted molar refractivity (Wildman–Crippen MR) is 83.9 cm³/mol. The number of hydrogen-bond acceptors (Lipinski definition) is 4. The van der Waals surface area contributed by atoms with Gasteiger partial charge in [-0.3, -0.25) is 9.78 Å². The van der Waals surface area contributed by atoms with Crippen molar-refractivity contribution in [2.75, 3.05) is 11.9 Å². The van der Waals surface area contributed by atoms with Gasteiger partial charge in [-0.15, -0.1) is 0 Å². The summed E-state index contributed by atoms with van der Waals surface area (Å²) < 4.78 is 0. The van der Waals surface area contributed by atoms with Crippen LogP contribution in [0.4, 0.5) is 5.82 Å². The molecule has 0 saturated heterocycles. The molecule has 2 heterocycles. The molecule has 2 aromatic heterocycles. The van der Waals surface area contributed by atoms with Crippen molar-refractivity contribution in [3.8, 4) is 0 Å². The predicted octanol–water partition coefficient (Wildman–Crippen LogP) is 2.22. The van der Waals surface area contributed by atoms with Crippen LogP contribution in [0.25, 0.3) is 16.8 Å². The summed E-state index contributed by atoms with van der Waals surface area (Å²) in [5.41, 5.74) is 6.63. The van der Waals surface area contributed by atoms with Crippen molar-refractivity contribution in [1.82, 2.24) is 9.97 Å². The highest BCUT2D eigenvalue weighted by molar-refractivity contribution is 5.98. The molecule has 21 heavy (non-hydrogen) atoms. The number of pyridine rings is 2. The number of carbonyl (C=O) groups excluding carboxylic acids is 1. The van der Waals surface area contributed by atoms with Crippen molar-refractivity contribution in [3.05, 3.63) is 36.3 Å². The molecular formula is C16H18N4O. The zero-order valence-electron chi connectivity index (χ0n) is 12.0. The maximum atomic E-state index is 11.7. The van der Waals surface area contributed by atoms with E-state index < -0.39 is 5.41 Å². The van der Waals surface area contributed by atoms with Crippen LogP contribution in [0.2, 0.25) is 0 Å². The van der Waals surface area contributed by atoms with Crippen LogP contribution >= 0.6 is 0 Å². The molecule has 1 aliphatic rings. The average molecular weight is 282 g/mol. The summed E-state index contributed by atoms with van der Waals surface area (Å²) in [6, 6.07) is 1.95. The summed E-state index contributed by atoms with van der Waals surface area (Å²) in [4.78, 5) is 20.5. The molecule has 3 N–H and O–H groups in total. The molecule has 3 rings (SSSR count). The molecule has 0 spiro atoms. The molecular weight excluding hydrogens is 264 g/mol. The van der Waals surface area contributed by atoms with Crippen molar-refractivity contribution in [3.63, 3.8) is 0 Å². The highest BCUT2D eigenvalue weighted by Crippen LogP contribution is 2.47. The molecule has 108 valence electrons. The smallest absolute Gasteiger partial charge is 0.229 e. The lowest BCUT2D eigenvalue weighted by atomic mass is 9.98. The number of aromatic nitrogens is 2. The van der Waals surface area contributed by atoms with E-state index in [0.29, 0.717) is 0 Å². The van der Waals surface area contributed by atoms with Gasteiger partial charge in [0.15, 0.2) is 0 Å². The normalized spacial score (nSPS) is 15.7. The Kier molecular flexibility index (Phi) is 3.12. The minimum absolute atomic E-state index is 0.296. The van der Waals surface area contributed by atoms with Crippen molar-refractivity contribution in [2.24, 2.45) is 5.73 Å². The van der Waals surface area contributed by atoms with E-state index in [1.54, 1.807) is 18.5 Å². The monoisotopic (exact) mass is 282 g/mol. The van der Waals surface area contributed by atoms with Gasteiger partial charge in [0.1, 0.15) is 5.82 Å². The molecule has 0 bridgehead atoms. The van der Waals surface area contributed by atoms with E-state index in [0.717, 1.165) is 47.2 Å². The Bertz CT molecular complexity index is 734. The fourth-order valence-electron chi connectivity index (χ4n) is 2.64. The van der Waals surface area contributed by atoms with Crippen LogP contribution in [0, 0.1) is 0 Å². The number of nitrogens with two attached hydrogens (primary N) is 1. The standard InChI is InChI=1S/C16H18N4O/c1-3-10-8-20-14(18-4-2)12-9-19-13(7-11(10)12)16(5-6-16)15(17)21/h3,7-9H,1,4-6H2,2H3,(H2,17,21)(H,18,20). The second-order valence-electron chi connectivity index (χ2n) is 5.36. The van der Waals surface area contributed by atoms with Gasteiger partial charge in [0, 0.05) is 29.9 Å². The molecule has 0 radical (unpaired) electrons. The van der Waals surface area contributed by atoms with Gasteiger partial charge in [-0.1, -0.05) is 12.7 Å². The third-order valence-electron chi connectivity index (χ3n) is 4.08. The molecule has 1 amide bonds. The Morgan fingerprint density at radius 1 is 1.43 bits per heavy atom. The number of amides is 1. The van der Waals surface area contributed by atoms with Gasteiger partial charge < -0.3 is 11.1 Å². The summed E-state index contributed by atoms with van der Waals surface area (Å²) in [7, 11) is 0. The van der Waals surface area contributed by atoms with Crippen LogP contribution in [0.5, 0.6) is 0 Å². The van der Waals surface area contributed by atoms with E-state index in [2.05, 4.69) is 21.9 Å². The third kappa shape index (κ3) is 2.05. The molecule has 1 aliphatic carbocycles. The fraction of sp³-hybridized carbons (Fsp3) is 0.312. The average Bonchev–Trinajstić information content (AvgIpc) is 3.29. The summed E-state index contributed by atoms with van der Waals surface area (Å²) in [5, 5.41) is 5.14. The zero-order valence-corrected chi connectivity index (χ0v) is 12.0. The van der Waals surface area contributed by atoms with Gasteiger partial charge in [0.05, 0.1) is 11.1 Å². The topological polar surface area (TPSA) is 80.9 Å². The first-order valence-corrected chi connectivity index (χ1v) is 7.08. The molecule has 0 atom stereocenters. The molecule has 0 unspecified atom stereocenters. The Hall–Kier alpha value is -2.43. The van der Waals surface area contributed by atoms with Crippen LogP contribution in [0.1, 0.15) is 31.0 Å². The lowest BCUT2D eigenvalue weighted by molar-refractivity contribution is -0.120. The number of fused-ring (bicyclic) bond motifs is 1. The number of hydrogen-bond donors (Lipinski definition) is 2. The second-order valence-corrected chi connectivity index (χ2v) is 5.36. The number of carbonyl (C=O) groups is 1. The van der Waals surface area contributed by atoms with Gasteiger partial charge in [0.25, 0.3) is 0 Å². The third-order valence-corrected chi connectivity index (χ3v) is 4.08. The van der Waals surface area contributed by atoms with Gasteiger partial charge >= 0.3 is 0 Å². The van der Waals surface area contributed by atoms with Crippen LogP contribution in [0.15, 0.2) is 25.0 Å². The van der Waals surface area contributed by atoms with E-state index in [1.807, 2.05) is 13.0 Å². The molecule has 1 fully saturated rings. The van der Waals surface area contributed by atoms with Crippen molar-refractivity contribution in [1.29, 1.82) is 0 Å². The number of nitrogens with one attached hydrogen (secondary N) is 1. The lowest BCUT2D eigenvalue weighted by Gasteiger charge is -2.14. The molecule has 0 aromatic carbocycles. The number of rotatable bonds is 5. The fourth-order valence-corrected chi connectivity index (χ4v) is 2.64. The Morgan fingerprint density at radius 2 is 2.19 bits per heavy atom. The highest BCUT2D eigenvalue weighted by atomic mass is 16.1. The largest absolute Gasteiger partial charge is 0.370 e. The SMILES string of the molecule is C=Cc1cnc(NCC)c2cnc(C3(C(N)=O)CC3)cc12. The van der Waals surface area contributed by atoms with Crippen LogP contribution < -0.4 is 11.1 Å². The Labute approximate surface area is 123 Å². The van der Waals surface area contributed by atoms with Crippen molar-refractivity contribution in [2.45, 2.75) is 25.2 Å². The van der Waals surface area contributed by atoms with Crippen molar-refractivity contribution < 1.29 is 4.79 Å². The minimum atomic E-state index is -0.575. The van der Waals surface area contributed by atoms with Gasteiger partial charge in [-0.2, -0.15) is 0 Å². The highest BCUT2D eigenvalue weighted by Gasteiger charge is 2.51. The summed E-state index contributed by atoms with van der Waals surface area (Å²) in [6.45, 7) is 6.62. The van der Waals surface area contributed by atoms with E-state index >= 15 is 0 Å². The maximum absolute atomic E-state index is 11.7. The number of primary amides is 1. The van der Waals surface area contributed by atoms with Gasteiger partial charge in [0.2, 0.25) is 5.91 Å². The van der Waals surface area contributed by atoms with Crippen molar-refractivity contribution >= 4 is 28.6 Å². The van der Waals surface area contributed by atoms with E-state index in [1.165, 1.54) is 0 Å². The maximum Gasteiger partial charge on any atom is 0.229 e. The Balaban J connectivity index is 2.21. The second kappa shape index (κ2) is 4.84. The number of nitrogens with zero attached hydrogens (tertiary/aromatic N) is 2. The molecule has 1 saturated carbocycles. The summed E-state index contributed by atoms with van der Waals surface area (Å²) in [6.07, 6.45) is 6.86. The molecule has 5 heteroatoms. The van der Waals surface area contributed by atoms with Crippen LogP contribution in [-0.2, 0) is 10.2 Å². The molecule has 0 aliphatic heterocycles. The summed E-state index contributed by atoms with van der Waals surface area (Å²) >= 11 is 0. The van der Waals surface area contributed by atoms with Crippen LogP contribution in [-0.4, -0.2) is 22.4 Å². The number of anilines is 1. The Morgan fingerprint density at radius 3 is 2.76 bits per heavy atom. The minimum Gasteiger partial charge on any atom is -0.370 e. The van der Waals surface area contributed by atoms with E-state index in [9.17, 15) is 4.79 Å². The zero-order chi connectivity index (χ0) is 15.0. The van der Waals surface area contributed by atoms with E-state index in [-0.39, 0.29) is 5.91 Å². The van der Waals surface area contributed by atoms with Gasteiger partial charge in [-0.05, 0) is 31.2 Å². The molecule has 2 aromatic rings.